The van der Waals surface area contributed by atoms with E-state index in [1.165, 1.54) is 0 Å². The molecule has 0 saturated heterocycles. The SMILES string of the molecule is O=C(Nc1ccc(Cl)cc1)C1(C(=O)Nc2cccc3cccnc23)CC1. The largest absolute Gasteiger partial charge is 0.325 e. The molecule has 1 fully saturated rings. The van der Waals surface area contributed by atoms with Crippen molar-refractivity contribution in [3.63, 3.8) is 0 Å². The molecule has 130 valence electrons. The lowest BCUT2D eigenvalue weighted by atomic mass is 10.0. The van der Waals surface area contributed by atoms with Gasteiger partial charge in [0.05, 0.1) is 11.2 Å². The van der Waals surface area contributed by atoms with Gasteiger partial charge >= 0.3 is 0 Å². The van der Waals surface area contributed by atoms with Crippen LogP contribution in [0.15, 0.2) is 60.8 Å². The van der Waals surface area contributed by atoms with Crippen molar-refractivity contribution in [3.8, 4) is 0 Å². The highest BCUT2D eigenvalue weighted by atomic mass is 35.5. The van der Waals surface area contributed by atoms with Crippen molar-refractivity contribution < 1.29 is 9.59 Å². The van der Waals surface area contributed by atoms with Crippen LogP contribution in [-0.2, 0) is 9.59 Å². The molecule has 1 aliphatic rings. The second-order valence-electron chi connectivity index (χ2n) is 6.38. The number of anilines is 2. The van der Waals surface area contributed by atoms with E-state index < -0.39 is 5.41 Å². The highest BCUT2D eigenvalue weighted by Crippen LogP contribution is 2.47. The minimum Gasteiger partial charge on any atom is -0.325 e. The molecule has 0 aliphatic heterocycles. The molecule has 0 spiro atoms. The number of para-hydroxylation sites is 1. The summed E-state index contributed by atoms with van der Waals surface area (Å²) in [4.78, 5) is 29.8. The van der Waals surface area contributed by atoms with Gasteiger partial charge in [0.2, 0.25) is 11.8 Å². The summed E-state index contributed by atoms with van der Waals surface area (Å²) in [6.45, 7) is 0. The lowest BCUT2D eigenvalue weighted by Crippen LogP contribution is -2.35. The fourth-order valence-electron chi connectivity index (χ4n) is 2.91. The topological polar surface area (TPSA) is 71.1 Å². The van der Waals surface area contributed by atoms with Gasteiger partial charge in [-0.25, -0.2) is 0 Å². The Morgan fingerprint density at radius 2 is 1.62 bits per heavy atom. The number of fused-ring (bicyclic) bond motifs is 1. The van der Waals surface area contributed by atoms with Crippen LogP contribution in [0.1, 0.15) is 12.8 Å². The van der Waals surface area contributed by atoms with Crippen molar-refractivity contribution in [2.75, 3.05) is 10.6 Å². The lowest BCUT2D eigenvalue weighted by molar-refractivity contribution is -0.131. The van der Waals surface area contributed by atoms with Crippen molar-refractivity contribution in [2.24, 2.45) is 5.41 Å². The van der Waals surface area contributed by atoms with Gasteiger partial charge in [0.25, 0.3) is 0 Å². The number of benzene rings is 2. The molecule has 26 heavy (non-hydrogen) atoms. The summed E-state index contributed by atoms with van der Waals surface area (Å²) in [5.41, 5.74) is 0.901. The maximum absolute atomic E-state index is 12.8. The van der Waals surface area contributed by atoms with Crippen molar-refractivity contribution in [2.45, 2.75) is 12.8 Å². The average molecular weight is 366 g/mol. The molecule has 0 bridgehead atoms. The van der Waals surface area contributed by atoms with Gasteiger partial charge in [-0.05, 0) is 49.2 Å². The van der Waals surface area contributed by atoms with Gasteiger partial charge in [-0.15, -0.1) is 0 Å². The van der Waals surface area contributed by atoms with Crippen LogP contribution < -0.4 is 10.6 Å². The van der Waals surface area contributed by atoms with Crippen LogP contribution in [0.2, 0.25) is 5.02 Å². The van der Waals surface area contributed by atoms with Crippen LogP contribution in [0, 0.1) is 5.41 Å². The first-order valence-corrected chi connectivity index (χ1v) is 8.68. The number of hydrogen-bond donors (Lipinski definition) is 2. The molecule has 2 amide bonds. The van der Waals surface area contributed by atoms with Crippen LogP contribution in [-0.4, -0.2) is 16.8 Å². The van der Waals surface area contributed by atoms with E-state index in [1.807, 2.05) is 24.3 Å². The summed E-state index contributed by atoms with van der Waals surface area (Å²) in [6, 6.07) is 16.2. The number of carbonyl (C=O) groups is 2. The summed E-state index contributed by atoms with van der Waals surface area (Å²) < 4.78 is 0. The number of pyridine rings is 1. The highest BCUT2D eigenvalue weighted by Gasteiger charge is 2.56. The Bertz CT molecular complexity index is 992. The monoisotopic (exact) mass is 365 g/mol. The maximum atomic E-state index is 12.8. The molecule has 1 saturated carbocycles. The van der Waals surface area contributed by atoms with Crippen molar-refractivity contribution in [3.05, 3.63) is 65.8 Å². The van der Waals surface area contributed by atoms with Crippen LogP contribution in [0.4, 0.5) is 11.4 Å². The van der Waals surface area contributed by atoms with Crippen molar-refractivity contribution >= 4 is 45.7 Å². The van der Waals surface area contributed by atoms with Gasteiger partial charge in [0.1, 0.15) is 5.41 Å². The molecular weight excluding hydrogens is 350 g/mol. The van der Waals surface area contributed by atoms with E-state index in [0.717, 1.165) is 5.39 Å². The second kappa shape index (κ2) is 6.42. The zero-order valence-corrected chi connectivity index (χ0v) is 14.6. The molecule has 0 unspecified atom stereocenters. The summed E-state index contributed by atoms with van der Waals surface area (Å²) in [5, 5.41) is 7.20. The minimum atomic E-state index is -1.03. The zero-order chi connectivity index (χ0) is 18.1. The predicted octanol–water partition coefficient (Wildman–Crippen LogP) is 4.25. The quantitative estimate of drug-likeness (QED) is 0.679. The number of hydrogen-bond acceptors (Lipinski definition) is 3. The van der Waals surface area contributed by atoms with Crippen LogP contribution >= 0.6 is 11.6 Å². The van der Waals surface area contributed by atoms with Crippen LogP contribution in [0.25, 0.3) is 10.9 Å². The van der Waals surface area contributed by atoms with E-state index in [-0.39, 0.29) is 11.8 Å². The molecule has 1 aliphatic carbocycles. The van der Waals surface area contributed by atoms with E-state index in [9.17, 15) is 9.59 Å². The van der Waals surface area contributed by atoms with E-state index in [4.69, 9.17) is 11.6 Å². The predicted molar refractivity (Wildman–Crippen MR) is 102 cm³/mol. The number of nitrogens with one attached hydrogen (secondary N) is 2. The summed E-state index contributed by atoms with van der Waals surface area (Å²) in [6.07, 6.45) is 2.73. The van der Waals surface area contributed by atoms with Gasteiger partial charge in [0, 0.05) is 22.3 Å². The van der Waals surface area contributed by atoms with E-state index in [1.54, 1.807) is 36.5 Å². The molecule has 1 heterocycles. The fraction of sp³-hybridized carbons (Fsp3) is 0.150. The van der Waals surface area contributed by atoms with Crippen LogP contribution in [0.5, 0.6) is 0 Å². The molecular formula is C20H16ClN3O2. The second-order valence-corrected chi connectivity index (χ2v) is 6.81. The molecule has 0 atom stereocenters. The molecule has 5 nitrogen and oxygen atoms in total. The van der Waals surface area contributed by atoms with E-state index in [2.05, 4.69) is 15.6 Å². The van der Waals surface area contributed by atoms with Crippen LogP contribution in [0.3, 0.4) is 0 Å². The molecule has 6 heteroatoms. The normalized spacial score (nSPS) is 14.7. The number of rotatable bonds is 4. The third-order valence-corrected chi connectivity index (χ3v) is 4.85. The Hall–Kier alpha value is -2.92. The molecule has 0 radical (unpaired) electrons. The number of aromatic nitrogens is 1. The van der Waals surface area contributed by atoms with E-state index >= 15 is 0 Å². The van der Waals surface area contributed by atoms with E-state index in [0.29, 0.717) is 34.8 Å². The Kier molecular flexibility index (Phi) is 4.09. The summed E-state index contributed by atoms with van der Waals surface area (Å²) in [7, 11) is 0. The first kappa shape index (κ1) is 16.5. The number of carbonyl (C=O) groups excluding carboxylic acids is 2. The highest BCUT2D eigenvalue weighted by molar-refractivity contribution is 6.30. The third-order valence-electron chi connectivity index (χ3n) is 4.60. The van der Waals surface area contributed by atoms with Gasteiger partial charge in [-0.1, -0.05) is 29.8 Å². The Morgan fingerprint density at radius 3 is 2.35 bits per heavy atom. The molecule has 3 aromatic rings. The minimum absolute atomic E-state index is 0.300. The van der Waals surface area contributed by atoms with Crippen molar-refractivity contribution in [1.82, 2.24) is 4.98 Å². The van der Waals surface area contributed by atoms with Crippen molar-refractivity contribution in [1.29, 1.82) is 0 Å². The molecule has 4 rings (SSSR count). The zero-order valence-electron chi connectivity index (χ0n) is 13.8. The van der Waals surface area contributed by atoms with Gasteiger partial charge in [-0.2, -0.15) is 0 Å². The first-order chi connectivity index (χ1) is 12.6. The average Bonchev–Trinajstić information content (AvgIpc) is 3.46. The Morgan fingerprint density at radius 1 is 0.923 bits per heavy atom. The Balaban J connectivity index is 1.53. The fourth-order valence-corrected chi connectivity index (χ4v) is 3.04. The third kappa shape index (κ3) is 3.02. The number of amides is 2. The van der Waals surface area contributed by atoms with Gasteiger partial charge in [-0.3, -0.25) is 14.6 Å². The molecule has 1 aromatic heterocycles. The smallest absolute Gasteiger partial charge is 0.240 e. The summed E-state index contributed by atoms with van der Waals surface area (Å²) >= 11 is 5.86. The maximum Gasteiger partial charge on any atom is 0.240 e. The number of nitrogens with zero attached hydrogens (tertiary/aromatic N) is 1. The molecule has 2 N–H and O–H groups in total. The first-order valence-electron chi connectivity index (χ1n) is 8.31. The Labute approximate surface area is 155 Å². The standard InChI is InChI=1S/C20H16ClN3O2/c21-14-6-8-15(9-7-14)23-18(25)20(10-11-20)19(26)24-16-5-1-3-13-4-2-12-22-17(13)16/h1-9,12H,10-11H2,(H,23,25)(H,24,26). The summed E-state index contributed by atoms with van der Waals surface area (Å²) in [5.74, 6) is -0.604. The van der Waals surface area contributed by atoms with Gasteiger partial charge < -0.3 is 10.6 Å². The molecule has 2 aromatic carbocycles. The number of halogens is 1. The van der Waals surface area contributed by atoms with Gasteiger partial charge in [0.15, 0.2) is 0 Å². The lowest BCUT2D eigenvalue weighted by Gasteiger charge is -2.16.